The highest BCUT2D eigenvalue weighted by molar-refractivity contribution is 6.00. The van der Waals surface area contributed by atoms with Gasteiger partial charge in [0.15, 0.2) is 0 Å². The molecule has 1 aromatic carbocycles. The van der Waals surface area contributed by atoms with Crippen molar-refractivity contribution in [3.63, 3.8) is 0 Å². The molecule has 0 spiro atoms. The Balaban J connectivity index is 1.83. The fourth-order valence-corrected chi connectivity index (χ4v) is 4.56. The first-order valence-electron chi connectivity index (χ1n) is 11.1. The molecule has 2 aliphatic heterocycles. The summed E-state index contributed by atoms with van der Waals surface area (Å²) in [6.07, 6.45) is 4.15. The van der Waals surface area contributed by atoms with Crippen LogP contribution in [0.25, 0.3) is 0 Å². The van der Waals surface area contributed by atoms with E-state index in [4.69, 9.17) is 19.9 Å². The zero-order chi connectivity index (χ0) is 22.5. The molecule has 3 rings (SSSR count). The minimum Gasteiger partial charge on any atom is -0.465 e. The van der Waals surface area contributed by atoms with E-state index in [-0.39, 0.29) is 18.0 Å². The Morgan fingerprint density at radius 3 is 2.61 bits per heavy atom. The van der Waals surface area contributed by atoms with E-state index in [1.807, 2.05) is 20.8 Å². The number of allylic oxidation sites excluding steroid dienone is 1. The molecular weight excluding hydrogens is 396 g/mol. The summed E-state index contributed by atoms with van der Waals surface area (Å²) in [5.41, 5.74) is 12.7. The van der Waals surface area contributed by atoms with E-state index in [2.05, 4.69) is 17.9 Å². The lowest BCUT2D eigenvalue weighted by Gasteiger charge is -2.33. The van der Waals surface area contributed by atoms with Gasteiger partial charge in [-0.1, -0.05) is 18.6 Å². The Morgan fingerprint density at radius 1 is 1.26 bits per heavy atom. The number of cyclic esters (lactones) is 1. The van der Waals surface area contributed by atoms with Crippen LogP contribution < -0.4 is 5.73 Å². The van der Waals surface area contributed by atoms with E-state index in [0.717, 1.165) is 41.8 Å². The lowest BCUT2D eigenvalue weighted by molar-refractivity contribution is -0.151. The first-order valence-corrected chi connectivity index (χ1v) is 11.1. The zero-order valence-electron chi connectivity index (χ0n) is 19.1. The maximum atomic E-state index is 12.6. The number of esters is 2. The first-order chi connectivity index (χ1) is 14.9. The molecule has 0 aromatic heterocycles. The molecule has 31 heavy (non-hydrogen) atoms. The summed E-state index contributed by atoms with van der Waals surface area (Å²) in [5.74, 6) is -0.531. The maximum Gasteiger partial charge on any atom is 0.341 e. The molecule has 1 aromatic rings. The Labute approximate surface area is 184 Å². The van der Waals surface area contributed by atoms with Crippen molar-refractivity contribution >= 4 is 17.6 Å². The zero-order valence-corrected chi connectivity index (χ0v) is 19.1. The summed E-state index contributed by atoms with van der Waals surface area (Å²) >= 11 is 0. The lowest BCUT2D eigenvalue weighted by atomic mass is 9.88. The molecule has 0 aliphatic carbocycles. The van der Waals surface area contributed by atoms with Crippen LogP contribution in [-0.2, 0) is 38.5 Å². The number of hydrogen-bond acceptors (Lipinski definition) is 7. The van der Waals surface area contributed by atoms with Gasteiger partial charge in [-0.05, 0) is 56.7 Å². The number of benzene rings is 1. The summed E-state index contributed by atoms with van der Waals surface area (Å²) in [6, 6.07) is -0.320. The minimum atomic E-state index is -0.338. The average molecular weight is 431 g/mol. The van der Waals surface area contributed by atoms with E-state index in [1.165, 1.54) is 5.56 Å². The molecule has 1 unspecified atom stereocenters. The Hall–Kier alpha value is -2.38. The van der Waals surface area contributed by atoms with Crippen LogP contribution in [0.15, 0.2) is 11.6 Å². The number of nitrogens with zero attached hydrogens (tertiary/aromatic N) is 1. The highest BCUT2D eigenvalue weighted by atomic mass is 16.5. The van der Waals surface area contributed by atoms with Gasteiger partial charge < -0.3 is 19.9 Å². The predicted octanol–water partition coefficient (Wildman–Crippen LogP) is 2.95. The molecule has 0 radical (unpaired) electrons. The predicted molar refractivity (Wildman–Crippen MR) is 119 cm³/mol. The molecular formula is C24H34N2O5. The Bertz CT molecular complexity index is 871. The van der Waals surface area contributed by atoms with Gasteiger partial charge in [0.25, 0.3) is 0 Å². The fourth-order valence-electron chi connectivity index (χ4n) is 4.56. The molecule has 0 bridgehead atoms. The number of carbonyl (C=O) groups is 2. The van der Waals surface area contributed by atoms with E-state index in [0.29, 0.717) is 50.5 Å². The van der Waals surface area contributed by atoms with Crippen LogP contribution in [0.2, 0.25) is 0 Å². The third-order valence-corrected chi connectivity index (χ3v) is 6.29. The molecule has 2 aliphatic rings. The number of nitrogens with two attached hydrogens (primary N) is 1. The van der Waals surface area contributed by atoms with E-state index >= 15 is 0 Å². The van der Waals surface area contributed by atoms with E-state index in [1.54, 1.807) is 0 Å². The second kappa shape index (κ2) is 10.3. The van der Waals surface area contributed by atoms with Crippen LogP contribution in [0.3, 0.4) is 0 Å². The normalized spacial score (nSPS) is 17.9. The molecule has 1 atom stereocenters. The maximum absolute atomic E-state index is 12.6. The van der Waals surface area contributed by atoms with Crippen molar-refractivity contribution < 1.29 is 23.8 Å². The summed E-state index contributed by atoms with van der Waals surface area (Å²) in [7, 11) is 0. The summed E-state index contributed by atoms with van der Waals surface area (Å²) in [5, 5.41) is 0. The smallest absolute Gasteiger partial charge is 0.341 e. The quantitative estimate of drug-likeness (QED) is 0.385. The number of morpholine rings is 1. The van der Waals surface area contributed by atoms with Gasteiger partial charge in [-0.15, -0.1) is 0 Å². The van der Waals surface area contributed by atoms with Crippen molar-refractivity contribution in [3.05, 3.63) is 39.5 Å². The van der Waals surface area contributed by atoms with Crippen molar-refractivity contribution in [2.45, 2.75) is 59.6 Å². The SMILES string of the molecule is CCOC(=O)C(CC(C)=CCc1c(N)c2c(c(C)c1CC)COC2=O)N1CCOCC1. The third kappa shape index (κ3) is 4.93. The topological polar surface area (TPSA) is 91.1 Å². The number of carbonyl (C=O) groups excluding carboxylic acids is 2. The minimum absolute atomic E-state index is 0.193. The Kier molecular flexibility index (Phi) is 7.73. The average Bonchev–Trinajstić information content (AvgIpc) is 3.16. The number of hydrogen-bond donors (Lipinski definition) is 1. The van der Waals surface area contributed by atoms with Crippen LogP contribution in [-0.4, -0.2) is 55.8 Å². The highest BCUT2D eigenvalue weighted by Crippen LogP contribution is 2.35. The summed E-state index contributed by atoms with van der Waals surface area (Å²) in [6.45, 7) is 11.3. The highest BCUT2D eigenvalue weighted by Gasteiger charge is 2.30. The van der Waals surface area contributed by atoms with Gasteiger partial charge in [-0.2, -0.15) is 0 Å². The van der Waals surface area contributed by atoms with Crippen LogP contribution in [0, 0.1) is 6.92 Å². The second-order valence-corrected chi connectivity index (χ2v) is 8.15. The number of ether oxygens (including phenoxy) is 3. The van der Waals surface area contributed by atoms with Crippen molar-refractivity contribution in [1.29, 1.82) is 0 Å². The van der Waals surface area contributed by atoms with Gasteiger partial charge in [0.05, 0.1) is 31.1 Å². The molecule has 0 saturated carbocycles. The van der Waals surface area contributed by atoms with Crippen LogP contribution >= 0.6 is 0 Å². The number of rotatable bonds is 8. The summed E-state index contributed by atoms with van der Waals surface area (Å²) in [4.78, 5) is 27.0. The van der Waals surface area contributed by atoms with Crippen molar-refractivity contribution in [3.8, 4) is 0 Å². The van der Waals surface area contributed by atoms with Gasteiger partial charge in [-0.25, -0.2) is 4.79 Å². The number of nitrogen functional groups attached to an aromatic ring is 1. The molecule has 2 heterocycles. The van der Waals surface area contributed by atoms with Gasteiger partial charge in [0, 0.05) is 18.7 Å². The number of fused-ring (bicyclic) bond motifs is 1. The van der Waals surface area contributed by atoms with Crippen LogP contribution in [0.1, 0.15) is 59.8 Å². The lowest BCUT2D eigenvalue weighted by Crippen LogP contribution is -2.48. The molecule has 170 valence electrons. The van der Waals surface area contributed by atoms with Crippen molar-refractivity contribution in [1.82, 2.24) is 4.90 Å². The van der Waals surface area contributed by atoms with Gasteiger partial charge in [0.2, 0.25) is 0 Å². The third-order valence-electron chi connectivity index (χ3n) is 6.29. The molecule has 1 fully saturated rings. The second-order valence-electron chi connectivity index (χ2n) is 8.15. The number of anilines is 1. The molecule has 0 amide bonds. The largest absolute Gasteiger partial charge is 0.465 e. The monoisotopic (exact) mass is 430 g/mol. The van der Waals surface area contributed by atoms with Gasteiger partial charge in [-0.3, -0.25) is 9.69 Å². The summed E-state index contributed by atoms with van der Waals surface area (Å²) < 4.78 is 16.0. The van der Waals surface area contributed by atoms with Crippen LogP contribution in [0.4, 0.5) is 5.69 Å². The van der Waals surface area contributed by atoms with Gasteiger partial charge >= 0.3 is 11.9 Å². The van der Waals surface area contributed by atoms with Crippen molar-refractivity contribution in [2.75, 3.05) is 38.6 Å². The fraction of sp³-hybridized carbons (Fsp3) is 0.583. The standard InChI is InChI=1S/C24H34N2O5/c1-5-17-16(4)19-14-31-24(28)21(19)22(25)18(17)8-7-15(3)13-20(23(27)30-6-2)26-9-11-29-12-10-26/h7,20H,5-6,8-14,25H2,1-4H3. The van der Waals surface area contributed by atoms with Crippen molar-refractivity contribution in [2.24, 2.45) is 0 Å². The first kappa shape index (κ1) is 23.3. The van der Waals surface area contributed by atoms with Crippen LogP contribution in [0.5, 0.6) is 0 Å². The van der Waals surface area contributed by atoms with Gasteiger partial charge in [0.1, 0.15) is 12.6 Å². The molecule has 7 heteroatoms. The molecule has 7 nitrogen and oxygen atoms in total. The molecule has 1 saturated heterocycles. The molecule has 2 N–H and O–H groups in total. The van der Waals surface area contributed by atoms with E-state index < -0.39 is 0 Å². The van der Waals surface area contributed by atoms with E-state index in [9.17, 15) is 9.59 Å². The Morgan fingerprint density at radius 2 is 1.97 bits per heavy atom.